The first-order valence-corrected chi connectivity index (χ1v) is 9.83. The van der Waals surface area contributed by atoms with E-state index in [9.17, 15) is 9.59 Å². The number of hydrogen-bond donors (Lipinski definition) is 3. The number of esters is 1. The standard InChI is InChI=1S/C14H28N2O4S3/c1-5-19-12(17)11(15-13(18)20-14(2,3)4)8-23-7-6-16(9-21)10-22/h11,21-22H,5-10H2,1-4H3,(H,15,18)/t11-/m0/s1. The summed E-state index contributed by atoms with van der Waals surface area (Å²) in [5.41, 5.74) is -0.615. The van der Waals surface area contributed by atoms with Crippen molar-refractivity contribution in [1.29, 1.82) is 0 Å². The molecule has 0 spiro atoms. The number of thiol groups is 2. The van der Waals surface area contributed by atoms with E-state index in [1.807, 2.05) is 4.90 Å². The molecule has 0 aliphatic rings. The van der Waals surface area contributed by atoms with Crippen LogP contribution in [-0.2, 0) is 14.3 Å². The number of thioether (sulfide) groups is 1. The Hall–Kier alpha value is -0.250. The molecule has 23 heavy (non-hydrogen) atoms. The molecule has 0 fully saturated rings. The van der Waals surface area contributed by atoms with Crippen LogP contribution in [0.4, 0.5) is 4.79 Å². The summed E-state index contributed by atoms with van der Waals surface area (Å²) in [6.07, 6.45) is -0.622. The van der Waals surface area contributed by atoms with Gasteiger partial charge in [-0.05, 0) is 27.7 Å². The van der Waals surface area contributed by atoms with Crippen molar-refractivity contribution < 1.29 is 19.1 Å². The van der Waals surface area contributed by atoms with Crippen molar-refractivity contribution >= 4 is 49.1 Å². The summed E-state index contributed by atoms with van der Waals surface area (Å²) in [5, 5.41) is 2.57. The molecule has 1 N–H and O–H groups in total. The molecule has 0 bridgehead atoms. The Morgan fingerprint density at radius 1 is 1.26 bits per heavy atom. The molecule has 0 rings (SSSR count). The normalized spacial score (nSPS) is 12.8. The number of nitrogens with zero attached hydrogens (tertiary/aromatic N) is 1. The van der Waals surface area contributed by atoms with Crippen LogP contribution in [0, 0.1) is 0 Å². The predicted molar refractivity (Wildman–Crippen MR) is 102 cm³/mol. The molecular formula is C14H28N2O4S3. The number of hydrogen-bond acceptors (Lipinski definition) is 8. The Bertz CT molecular complexity index is 360. The van der Waals surface area contributed by atoms with E-state index in [1.165, 1.54) is 0 Å². The third kappa shape index (κ3) is 11.9. The van der Waals surface area contributed by atoms with Gasteiger partial charge in [0.1, 0.15) is 11.6 Å². The fourth-order valence-corrected chi connectivity index (χ4v) is 3.09. The first-order valence-electron chi connectivity index (χ1n) is 7.41. The Morgan fingerprint density at radius 3 is 2.35 bits per heavy atom. The maximum atomic E-state index is 11.9. The van der Waals surface area contributed by atoms with E-state index in [0.717, 1.165) is 12.3 Å². The molecule has 0 aromatic carbocycles. The van der Waals surface area contributed by atoms with Crippen LogP contribution in [0.5, 0.6) is 0 Å². The minimum atomic E-state index is -0.727. The van der Waals surface area contributed by atoms with E-state index in [2.05, 4.69) is 30.6 Å². The van der Waals surface area contributed by atoms with Crippen LogP contribution in [0.15, 0.2) is 0 Å². The summed E-state index contributed by atoms with van der Waals surface area (Å²) in [6.45, 7) is 8.11. The molecule has 9 heteroatoms. The van der Waals surface area contributed by atoms with Crippen LogP contribution < -0.4 is 5.32 Å². The summed E-state index contributed by atoms with van der Waals surface area (Å²) in [4.78, 5) is 25.8. The van der Waals surface area contributed by atoms with Crippen LogP contribution in [0.2, 0.25) is 0 Å². The van der Waals surface area contributed by atoms with Crippen molar-refractivity contribution in [3.8, 4) is 0 Å². The molecule has 1 amide bonds. The van der Waals surface area contributed by atoms with Crippen LogP contribution in [0.1, 0.15) is 27.7 Å². The second-order valence-corrected chi connectivity index (χ2v) is 7.42. The Labute approximate surface area is 154 Å². The molecule has 1 atom stereocenters. The quantitative estimate of drug-likeness (QED) is 0.232. The summed E-state index contributed by atoms with van der Waals surface area (Å²) in [5.74, 6) is 2.02. The smallest absolute Gasteiger partial charge is 0.408 e. The van der Waals surface area contributed by atoms with E-state index >= 15 is 0 Å². The minimum absolute atomic E-state index is 0.267. The van der Waals surface area contributed by atoms with Crippen LogP contribution in [0.3, 0.4) is 0 Å². The van der Waals surface area contributed by atoms with E-state index in [4.69, 9.17) is 9.47 Å². The van der Waals surface area contributed by atoms with Gasteiger partial charge in [0.05, 0.1) is 6.61 Å². The molecule has 0 aliphatic carbocycles. The van der Waals surface area contributed by atoms with Gasteiger partial charge in [-0.15, -0.1) is 0 Å². The number of amides is 1. The number of carbonyl (C=O) groups excluding carboxylic acids is 2. The second-order valence-electron chi connectivity index (χ2n) is 5.70. The SMILES string of the molecule is CCOC(=O)[C@H](CSCCN(CS)CS)NC(=O)OC(C)(C)C. The third-order valence-corrected chi connectivity index (χ3v) is 4.34. The number of rotatable bonds is 10. The Morgan fingerprint density at radius 2 is 1.87 bits per heavy atom. The van der Waals surface area contributed by atoms with E-state index in [1.54, 1.807) is 39.5 Å². The van der Waals surface area contributed by atoms with Crippen molar-refractivity contribution in [2.75, 3.05) is 36.4 Å². The zero-order valence-corrected chi connectivity index (χ0v) is 16.8. The highest BCUT2D eigenvalue weighted by Crippen LogP contribution is 2.10. The largest absolute Gasteiger partial charge is 0.464 e. The van der Waals surface area contributed by atoms with E-state index < -0.39 is 23.7 Å². The first kappa shape index (κ1) is 22.8. The number of alkyl carbamates (subject to hydrolysis) is 1. The molecule has 0 unspecified atom stereocenters. The zero-order valence-electron chi connectivity index (χ0n) is 14.2. The van der Waals surface area contributed by atoms with Gasteiger partial charge < -0.3 is 14.8 Å². The fourth-order valence-electron chi connectivity index (χ4n) is 1.44. The maximum Gasteiger partial charge on any atom is 0.408 e. The Kier molecular flexibility index (Phi) is 12.0. The average Bonchev–Trinajstić information content (AvgIpc) is 2.44. The molecule has 0 aliphatic heterocycles. The lowest BCUT2D eigenvalue weighted by Crippen LogP contribution is -2.45. The molecule has 0 saturated heterocycles. The van der Waals surface area contributed by atoms with Gasteiger partial charge in [0.2, 0.25) is 0 Å². The second kappa shape index (κ2) is 12.2. The number of carbonyl (C=O) groups is 2. The molecule has 6 nitrogen and oxygen atoms in total. The van der Waals surface area contributed by atoms with Gasteiger partial charge in [-0.25, -0.2) is 9.59 Å². The lowest BCUT2D eigenvalue weighted by atomic mass is 10.2. The van der Waals surface area contributed by atoms with Gasteiger partial charge in [-0.3, -0.25) is 4.90 Å². The Balaban J connectivity index is 4.41. The summed E-state index contributed by atoms with van der Waals surface area (Å²) in [7, 11) is 0. The van der Waals surface area contributed by atoms with E-state index in [0.29, 0.717) is 17.5 Å². The predicted octanol–water partition coefficient (Wildman–Crippen LogP) is 2.25. The average molecular weight is 385 g/mol. The molecule has 0 heterocycles. The van der Waals surface area contributed by atoms with Gasteiger partial charge in [0.25, 0.3) is 0 Å². The zero-order chi connectivity index (χ0) is 17.9. The van der Waals surface area contributed by atoms with Gasteiger partial charge in [-0.1, -0.05) is 0 Å². The van der Waals surface area contributed by atoms with Crippen molar-refractivity contribution in [2.45, 2.75) is 39.3 Å². The first-order chi connectivity index (χ1) is 10.7. The molecule has 0 radical (unpaired) electrons. The highest BCUT2D eigenvalue weighted by atomic mass is 32.2. The van der Waals surface area contributed by atoms with Gasteiger partial charge in [-0.2, -0.15) is 37.0 Å². The monoisotopic (exact) mass is 384 g/mol. The van der Waals surface area contributed by atoms with Crippen molar-refractivity contribution in [2.24, 2.45) is 0 Å². The van der Waals surface area contributed by atoms with Crippen molar-refractivity contribution in [1.82, 2.24) is 10.2 Å². The number of ether oxygens (including phenoxy) is 2. The van der Waals surface area contributed by atoms with Gasteiger partial charge in [0, 0.05) is 29.8 Å². The number of nitrogens with one attached hydrogen (secondary N) is 1. The van der Waals surface area contributed by atoms with Crippen molar-refractivity contribution in [3.05, 3.63) is 0 Å². The minimum Gasteiger partial charge on any atom is -0.464 e. The van der Waals surface area contributed by atoms with Crippen LogP contribution >= 0.6 is 37.0 Å². The van der Waals surface area contributed by atoms with E-state index in [-0.39, 0.29) is 6.61 Å². The lowest BCUT2D eigenvalue weighted by Gasteiger charge is -2.23. The molecule has 136 valence electrons. The topological polar surface area (TPSA) is 67.9 Å². The molecule has 0 aromatic heterocycles. The maximum absolute atomic E-state index is 11.9. The summed E-state index contributed by atoms with van der Waals surface area (Å²) in [6, 6.07) is -0.727. The fraction of sp³-hybridized carbons (Fsp3) is 0.857. The highest BCUT2D eigenvalue weighted by molar-refractivity contribution is 7.99. The summed E-state index contributed by atoms with van der Waals surface area (Å²) >= 11 is 9.96. The third-order valence-electron chi connectivity index (χ3n) is 2.50. The van der Waals surface area contributed by atoms with Gasteiger partial charge >= 0.3 is 12.1 Å². The molecule has 0 saturated carbocycles. The lowest BCUT2D eigenvalue weighted by molar-refractivity contribution is -0.145. The van der Waals surface area contributed by atoms with Crippen molar-refractivity contribution in [3.63, 3.8) is 0 Å². The summed E-state index contributed by atoms with van der Waals surface area (Å²) < 4.78 is 10.2. The van der Waals surface area contributed by atoms with Crippen LogP contribution in [0.25, 0.3) is 0 Å². The molecule has 0 aromatic rings. The molecular weight excluding hydrogens is 356 g/mol. The highest BCUT2D eigenvalue weighted by Gasteiger charge is 2.25. The van der Waals surface area contributed by atoms with Crippen LogP contribution in [-0.4, -0.2) is 65.0 Å². The van der Waals surface area contributed by atoms with Gasteiger partial charge in [0.15, 0.2) is 0 Å².